The van der Waals surface area contributed by atoms with Gasteiger partial charge in [0.05, 0.1) is 11.3 Å². The molecule has 0 aliphatic carbocycles. The van der Waals surface area contributed by atoms with Crippen LogP contribution in [-0.2, 0) is 0 Å². The molecule has 0 rings (SSSR count). The molecule has 7 nitrogen and oxygen atoms in total. The van der Waals surface area contributed by atoms with E-state index in [1.165, 1.54) is 17.3 Å². The Hall–Kier alpha value is -2.10. The zero-order valence-corrected chi connectivity index (χ0v) is 9.13. The molecule has 0 saturated carbocycles. The molecule has 0 unspecified atom stereocenters. The second-order valence-corrected chi connectivity index (χ2v) is 3.14. The summed E-state index contributed by atoms with van der Waals surface area (Å²) in [4.78, 5) is 16.7. The fourth-order valence-corrected chi connectivity index (χ4v) is 0.731. The van der Waals surface area contributed by atoms with Crippen molar-refractivity contribution in [3.8, 4) is 6.07 Å². The van der Waals surface area contributed by atoms with E-state index in [2.05, 4.69) is 4.99 Å². The lowest BCUT2D eigenvalue weighted by atomic mass is 10.4. The fourth-order valence-electron chi connectivity index (χ4n) is 0.731. The van der Waals surface area contributed by atoms with Crippen molar-refractivity contribution >= 4 is 6.34 Å². The van der Waals surface area contributed by atoms with Crippen LogP contribution >= 0.6 is 0 Å². The summed E-state index contributed by atoms with van der Waals surface area (Å²) in [6.45, 7) is 0. The number of nitro groups is 1. The minimum atomic E-state index is -0.748. The molecule has 0 aliphatic rings. The van der Waals surface area contributed by atoms with Gasteiger partial charge in [-0.3, -0.25) is 10.1 Å². The van der Waals surface area contributed by atoms with Gasteiger partial charge in [0.2, 0.25) is 5.82 Å². The van der Waals surface area contributed by atoms with Crippen molar-refractivity contribution in [1.82, 2.24) is 9.80 Å². The molecule has 0 aromatic rings. The summed E-state index contributed by atoms with van der Waals surface area (Å²) in [6.07, 6.45) is 1.40. The van der Waals surface area contributed by atoms with Crippen LogP contribution in [0.25, 0.3) is 0 Å². The van der Waals surface area contributed by atoms with Crippen LogP contribution in [0, 0.1) is 21.4 Å². The molecular formula is C8H13N5O2. The van der Waals surface area contributed by atoms with Crippen LogP contribution in [0.1, 0.15) is 0 Å². The first-order chi connectivity index (χ1) is 6.90. The third kappa shape index (κ3) is 4.08. The topological polar surface area (TPSA) is 85.8 Å². The SMILES string of the molecule is CN(C)C=N/C(=C(/C#N)[N+](=O)[O-])N(C)C. The first-order valence-electron chi connectivity index (χ1n) is 4.06. The zero-order valence-electron chi connectivity index (χ0n) is 9.13. The van der Waals surface area contributed by atoms with Crippen LogP contribution < -0.4 is 0 Å². The molecule has 0 amide bonds. The largest absolute Gasteiger partial charge is 0.387 e. The summed E-state index contributed by atoms with van der Waals surface area (Å²) >= 11 is 0. The number of nitrogens with zero attached hydrogens (tertiary/aromatic N) is 5. The minimum absolute atomic E-state index is 0.0243. The Balaban J connectivity index is 5.29. The highest BCUT2D eigenvalue weighted by molar-refractivity contribution is 5.56. The second-order valence-electron chi connectivity index (χ2n) is 3.14. The van der Waals surface area contributed by atoms with Gasteiger partial charge in [0, 0.05) is 28.2 Å². The van der Waals surface area contributed by atoms with E-state index in [0.29, 0.717) is 0 Å². The van der Waals surface area contributed by atoms with Crippen LogP contribution in [0.15, 0.2) is 16.5 Å². The molecule has 0 atom stereocenters. The van der Waals surface area contributed by atoms with E-state index in [4.69, 9.17) is 5.26 Å². The van der Waals surface area contributed by atoms with E-state index >= 15 is 0 Å². The van der Waals surface area contributed by atoms with Gasteiger partial charge in [0.1, 0.15) is 0 Å². The van der Waals surface area contributed by atoms with E-state index in [0.717, 1.165) is 0 Å². The normalized spacial score (nSPS) is 11.9. The van der Waals surface area contributed by atoms with E-state index in [9.17, 15) is 10.1 Å². The Morgan fingerprint density at radius 3 is 2.27 bits per heavy atom. The van der Waals surface area contributed by atoms with Gasteiger partial charge < -0.3 is 9.80 Å². The minimum Gasteiger partial charge on any atom is -0.369 e. The highest BCUT2D eigenvalue weighted by Crippen LogP contribution is 2.08. The standard InChI is InChI=1S/C8H13N5O2/c1-11(2)6-10-8(12(3)4)7(5-9)13(14)15/h6H,1-4H3/b8-7+,10-6?. The summed E-state index contributed by atoms with van der Waals surface area (Å²) in [5, 5.41) is 19.1. The summed E-state index contributed by atoms with van der Waals surface area (Å²) in [5.41, 5.74) is -0.571. The molecule has 0 aliphatic heterocycles. The van der Waals surface area contributed by atoms with Crippen molar-refractivity contribution < 1.29 is 4.92 Å². The Morgan fingerprint density at radius 1 is 1.47 bits per heavy atom. The van der Waals surface area contributed by atoms with Crippen LogP contribution in [0.5, 0.6) is 0 Å². The highest BCUT2D eigenvalue weighted by Gasteiger charge is 2.19. The molecule has 0 heterocycles. The molecule has 0 aromatic heterocycles. The molecule has 15 heavy (non-hydrogen) atoms. The number of hydrogen-bond acceptors (Lipinski definition) is 5. The fraction of sp³-hybridized carbons (Fsp3) is 0.500. The van der Waals surface area contributed by atoms with Crippen molar-refractivity contribution in [3.05, 3.63) is 21.6 Å². The highest BCUT2D eigenvalue weighted by atomic mass is 16.6. The van der Waals surface area contributed by atoms with Crippen LogP contribution in [0.3, 0.4) is 0 Å². The zero-order chi connectivity index (χ0) is 12.0. The molecular weight excluding hydrogens is 198 g/mol. The van der Waals surface area contributed by atoms with Crippen molar-refractivity contribution in [2.75, 3.05) is 28.2 Å². The van der Waals surface area contributed by atoms with Crippen LogP contribution in [-0.4, -0.2) is 49.3 Å². The van der Waals surface area contributed by atoms with E-state index in [1.807, 2.05) is 0 Å². The van der Waals surface area contributed by atoms with Crippen molar-refractivity contribution in [3.63, 3.8) is 0 Å². The van der Waals surface area contributed by atoms with E-state index in [-0.39, 0.29) is 5.82 Å². The Morgan fingerprint density at radius 2 is 2.00 bits per heavy atom. The van der Waals surface area contributed by atoms with Gasteiger partial charge in [-0.1, -0.05) is 0 Å². The van der Waals surface area contributed by atoms with Gasteiger partial charge >= 0.3 is 5.70 Å². The lowest BCUT2D eigenvalue weighted by Gasteiger charge is -2.11. The molecule has 82 valence electrons. The molecule has 0 aromatic carbocycles. The lowest BCUT2D eigenvalue weighted by Crippen LogP contribution is -2.17. The number of aliphatic imine (C=N–C) groups is 1. The average molecular weight is 211 g/mol. The average Bonchev–Trinajstić information content (AvgIpc) is 2.10. The number of rotatable bonds is 4. The van der Waals surface area contributed by atoms with Gasteiger partial charge in [0.15, 0.2) is 6.07 Å². The summed E-state index contributed by atoms with van der Waals surface area (Å²) in [6, 6.07) is 1.51. The Bertz CT molecular complexity index is 337. The summed E-state index contributed by atoms with van der Waals surface area (Å²) in [7, 11) is 6.64. The maximum Gasteiger partial charge on any atom is 0.387 e. The number of nitriles is 1. The molecule has 0 spiro atoms. The smallest absolute Gasteiger partial charge is 0.369 e. The summed E-state index contributed by atoms with van der Waals surface area (Å²) in [5.74, 6) is 0.0243. The molecule has 0 bridgehead atoms. The van der Waals surface area contributed by atoms with Gasteiger partial charge in [0.25, 0.3) is 0 Å². The first kappa shape index (κ1) is 12.9. The van der Waals surface area contributed by atoms with Gasteiger partial charge in [-0.15, -0.1) is 0 Å². The van der Waals surface area contributed by atoms with E-state index < -0.39 is 10.6 Å². The van der Waals surface area contributed by atoms with Gasteiger partial charge in [-0.2, -0.15) is 5.26 Å². The van der Waals surface area contributed by atoms with Gasteiger partial charge in [-0.25, -0.2) is 4.99 Å². The quantitative estimate of drug-likeness (QED) is 0.216. The molecule has 0 radical (unpaired) electrons. The maximum atomic E-state index is 10.5. The third-order valence-corrected chi connectivity index (χ3v) is 1.33. The van der Waals surface area contributed by atoms with Gasteiger partial charge in [-0.05, 0) is 0 Å². The molecule has 0 N–H and O–H groups in total. The monoisotopic (exact) mass is 211 g/mol. The van der Waals surface area contributed by atoms with Crippen molar-refractivity contribution in [2.24, 2.45) is 4.99 Å². The first-order valence-corrected chi connectivity index (χ1v) is 4.06. The summed E-state index contributed by atoms with van der Waals surface area (Å²) < 4.78 is 0. The number of hydrogen-bond donors (Lipinski definition) is 0. The molecule has 7 heteroatoms. The Labute approximate surface area is 88.1 Å². The number of allylic oxidation sites excluding steroid dienone is 1. The third-order valence-electron chi connectivity index (χ3n) is 1.33. The molecule has 0 saturated heterocycles. The van der Waals surface area contributed by atoms with Crippen molar-refractivity contribution in [2.45, 2.75) is 0 Å². The van der Waals surface area contributed by atoms with Crippen LogP contribution in [0.4, 0.5) is 0 Å². The van der Waals surface area contributed by atoms with Crippen molar-refractivity contribution in [1.29, 1.82) is 5.26 Å². The van der Waals surface area contributed by atoms with E-state index in [1.54, 1.807) is 33.1 Å². The predicted molar refractivity (Wildman–Crippen MR) is 55.5 cm³/mol. The predicted octanol–water partition coefficient (Wildman–Crippen LogP) is 0.107. The van der Waals surface area contributed by atoms with Crippen LogP contribution in [0.2, 0.25) is 0 Å². The Kier molecular flexibility index (Phi) is 4.81. The second kappa shape index (κ2) is 5.59. The maximum absolute atomic E-state index is 10.5. The molecule has 0 fully saturated rings. The lowest BCUT2D eigenvalue weighted by molar-refractivity contribution is -0.419.